The maximum atomic E-state index is 13.2. The predicted molar refractivity (Wildman–Crippen MR) is 132 cm³/mol. The molecule has 0 saturated carbocycles. The molecule has 0 unspecified atom stereocenters. The van der Waals surface area contributed by atoms with Gasteiger partial charge in [0.1, 0.15) is 6.54 Å². The summed E-state index contributed by atoms with van der Waals surface area (Å²) in [7, 11) is 0. The van der Waals surface area contributed by atoms with Gasteiger partial charge in [-0.15, -0.1) is 0 Å². The summed E-state index contributed by atoms with van der Waals surface area (Å²) in [5.41, 5.74) is 5.23. The van der Waals surface area contributed by atoms with Crippen molar-refractivity contribution >= 4 is 28.4 Å². The molecule has 1 aromatic heterocycles. The highest BCUT2D eigenvalue weighted by Gasteiger charge is 2.22. The Kier molecular flexibility index (Phi) is 5.69. The molecule has 2 amide bonds. The van der Waals surface area contributed by atoms with Crippen LogP contribution in [0.15, 0.2) is 78.9 Å². The molecule has 33 heavy (non-hydrogen) atoms. The number of nitrogens with one attached hydrogen (secondary N) is 1. The zero-order chi connectivity index (χ0) is 22.8. The van der Waals surface area contributed by atoms with Crippen LogP contribution in [0.25, 0.3) is 22.2 Å². The second kappa shape index (κ2) is 8.94. The van der Waals surface area contributed by atoms with Gasteiger partial charge in [-0.2, -0.15) is 0 Å². The number of benzene rings is 3. The minimum Gasteiger partial charge on any atom is -0.339 e. The molecule has 1 saturated heterocycles. The van der Waals surface area contributed by atoms with Crippen molar-refractivity contribution in [2.24, 2.45) is 0 Å². The van der Waals surface area contributed by atoms with Crippen LogP contribution in [0.4, 0.5) is 5.69 Å². The number of carbonyl (C=O) groups excluding carboxylic acids is 2. The van der Waals surface area contributed by atoms with E-state index in [-0.39, 0.29) is 18.4 Å². The number of fused-ring (bicyclic) bond motifs is 1. The number of aromatic nitrogens is 1. The first-order valence-electron chi connectivity index (χ1n) is 11.4. The molecule has 1 N–H and O–H groups in total. The van der Waals surface area contributed by atoms with Crippen LogP contribution in [0.1, 0.15) is 28.8 Å². The third-order valence-corrected chi connectivity index (χ3v) is 6.41. The zero-order valence-electron chi connectivity index (χ0n) is 18.8. The largest absolute Gasteiger partial charge is 0.339 e. The van der Waals surface area contributed by atoms with Crippen LogP contribution in [0.5, 0.6) is 0 Å². The molecule has 5 heteroatoms. The van der Waals surface area contributed by atoms with Crippen LogP contribution >= 0.6 is 0 Å². The smallest absolute Gasteiger partial charge is 0.254 e. The molecular formula is C28H27N3O2. The number of carbonyl (C=O) groups is 2. The molecule has 1 fully saturated rings. The van der Waals surface area contributed by atoms with Crippen molar-refractivity contribution in [3.63, 3.8) is 0 Å². The van der Waals surface area contributed by atoms with Gasteiger partial charge in [-0.05, 0) is 55.2 Å². The summed E-state index contributed by atoms with van der Waals surface area (Å²) in [6, 6.07) is 25.9. The number of nitrogens with zero attached hydrogens (tertiary/aromatic N) is 2. The van der Waals surface area contributed by atoms with Crippen molar-refractivity contribution in [1.29, 1.82) is 0 Å². The van der Waals surface area contributed by atoms with Gasteiger partial charge in [-0.1, -0.05) is 54.6 Å². The number of para-hydroxylation sites is 1. The van der Waals surface area contributed by atoms with E-state index in [1.54, 1.807) is 0 Å². The Labute approximate surface area is 193 Å². The fraction of sp³-hybridized carbons (Fsp3) is 0.214. The summed E-state index contributed by atoms with van der Waals surface area (Å²) in [6.45, 7) is 3.69. The predicted octanol–water partition coefficient (Wildman–Crippen LogP) is 5.49. The second-order valence-electron chi connectivity index (χ2n) is 8.57. The molecule has 3 aromatic carbocycles. The SMILES string of the molecule is Cc1c(NC(=O)Cn2c(-c3ccccc3)cc3ccccc32)cccc1C(=O)N1CCCC1. The van der Waals surface area contributed by atoms with E-state index in [4.69, 9.17) is 0 Å². The van der Waals surface area contributed by atoms with Crippen LogP contribution < -0.4 is 5.32 Å². The fourth-order valence-electron chi connectivity index (χ4n) is 4.66. The van der Waals surface area contributed by atoms with E-state index in [1.165, 1.54) is 0 Å². The molecular weight excluding hydrogens is 410 g/mol. The monoisotopic (exact) mass is 437 g/mol. The van der Waals surface area contributed by atoms with Crippen LogP contribution in [0.3, 0.4) is 0 Å². The molecule has 5 rings (SSSR count). The number of hydrogen-bond donors (Lipinski definition) is 1. The number of hydrogen-bond acceptors (Lipinski definition) is 2. The average Bonchev–Trinajstić information content (AvgIpc) is 3.50. The lowest BCUT2D eigenvalue weighted by Crippen LogP contribution is -2.28. The Morgan fingerprint density at radius 3 is 2.39 bits per heavy atom. The van der Waals surface area contributed by atoms with Crippen LogP contribution in [-0.4, -0.2) is 34.4 Å². The van der Waals surface area contributed by atoms with Gasteiger partial charge < -0.3 is 14.8 Å². The lowest BCUT2D eigenvalue weighted by Gasteiger charge is -2.18. The van der Waals surface area contributed by atoms with E-state index in [0.29, 0.717) is 11.3 Å². The van der Waals surface area contributed by atoms with Gasteiger partial charge in [-0.25, -0.2) is 0 Å². The van der Waals surface area contributed by atoms with E-state index < -0.39 is 0 Å². The van der Waals surface area contributed by atoms with Gasteiger partial charge in [0, 0.05) is 40.9 Å². The Hall–Kier alpha value is -3.86. The molecule has 166 valence electrons. The van der Waals surface area contributed by atoms with Gasteiger partial charge in [0.05, 0.1) is 0 Å². The fourth-order valence-corrected chi connectivity index (χ4v) is 4.66. The third-order valence-electron chi connectivity index (χ3n) is 6.41. The van der Waals surface area contributed by atoms with Gasteiger partial charge in [0.2, 0.25) is 5.91 Å². The van der Waals surface area contributed by atoms with Crippen molar-refractivity contribution in [1.82, 2.24) is 9.47 Å². The number of likely N-dealkylation sites (tertiary alicyclic amines) is 1. The maximum absolute atomic E-state index is 13.2. The molecule has 2 heterocycles. The molecule has 5 nitrogen and oxygen atoms in total. The molecule has 0 atom stereocenters. The summed E-state index contributed by atoms with van der Waals surface area (Å²) in [6.07, 6.45) is 2.10. The van der Waals surface area contributed by atoms with Crippen LogP contribution in [-0.2, 0) is 11.3 Å². The molecule has 1 aliphatic rings. The van der Waals surface area contributed by atoms with E-state index >= 15 is 0 Å². The first kappa shape index (κ1) is 21.0. The van der Waals surface area contributed by atoms with E-state index in [2.05, 4.69) is 34.1 Å². The summed E-state index contributed by atoms with van der Waals surface area (Å²) in [5, 5.41) is 4.14. The summed E-state index contributed by atoms with van der Waals surface area (Å²) < 4.78 is 2.05. The van der Waals surface area contributed by atoms with Crippen molar-refractivity contribution in [2.45, 2.75) is 26.3 Å². The number of rotatable bonds is 5. The van der Waals surface area contributed by atoms with Gasteiger partial charge >= 0.3 is 0 Å². The highest BCUT2D eigenvalue weighted by atomic mass is 16.2. The van der Waals surface area contributed by atoms with Crippen molar-refractivity contribution in [2.75, 3.05) is 18.4 Å². The van der Waals surface area contributed by atoms with Crippen molar-refractivity contribution in [3.05, 3.63) is 90.0 Å². The Bertz CT molecular complexity index is 1320. The van der Waals surface area contributed by atoms with Gasteiger partial charge in [-0.3, -0.25) is 9.59 Å². The minimum absolute atomic E-state index is 0.0452. The maximum Gasteiger partial charge on any atom is 0.254 e. The van der Waals surface area contributed by atoms with E-state index in [9.17, 15) is 9.59 Å². The highest BCUT2D eigenvalue weighted by Crippen LogP contribution is 2.29. The average molecular weight is 438 g/mol. The lowest BCUT2D eigenvalue weighted by atomic mass is 10.1. The zero-order valence-corrected chi connectivity index (χ0v) is 18.8. The summed E-state index contributed by atoms with van der Waals surface area (Å²) >= 11 is 0. The Balaban J connectivity index is 1.42. The van der Waals surface area contributed by atoms with E-state index in [1.807, 2.05) is 66.4 Å². The van der Waals surface area contributed by atoms with E-state index in [0.717, 1.165) is 53.7 Å². The lowest BCUT2D eigenvalue weighted by molar-refractivity contribution is -0.116. The summed E-state index contributed by atoms with van der Waals surface area (Å²) in [5.74, 6) is -0.0775. The van der Waals surface area contributed by atoms with Crippen LogP contribution in [0.2, 0.25) is 0 Å². The van der Waals surface area contributed by atoms with Crippen molar-refractivity contribution in [3.8, 4) is 11.3 Å². The molecule has 1 aliphatic heterocycles. The Morgan fingerprint density at radius 1 is 0.879 bits per heavy atom. The molecule has 0 radical (unpaired) electrons. The first-order valence-corrected chi connectivity index (χ1v) is 11.4. The summed E-state index contributed by atoms with van der Waals surface area (Å²) in [4.78, 5) is 28.0. The minimum atomic E-state index is -0.123. The van der Waals surface area contributed by atoms with Gasteiger partial charge in [0.15, 0.2) is 0 Å². The quantitative estimate of drug-likeness (QED) is 0.449. The molecule has 4 aromatic rings. The standard InChI is InChI=1S/C28H27N3O2/c1-20-23(28(33)30-16-7-8-17-30)13-9-14-24(20)29-27(32)19-31-25-15-6-5-12-22(25)18-26(31)21-10-3-2-4-11-21/h2-6,9-15,18H,7-8,16-17,19H2,1H3,(H,29,32). The number of amides is 2. The molecule has 0 aliphatic carbocycles. The van der Waals surface area contributed by atoms with Gasteiger partial charge in [0.25, 0.3) is 5.91 Å². The van der Waals surface area contributed by atoms with Crippen LogP contribution in [0, 0.1) is 6.92 Å². The number of anilines is 1. The molecule has 0 spiro atoms. The topological polar surface area (TPSA) is 54.3 Å². The molecule has 0 bridgehead atoms. The third kappa shape index (κ3) is 4.14. The Morgan fingerprint density at radius 2 is 1.61 bits per heavy atom. The van der Waals surface area contributed by atoms with Crippen molar-refractivity contribution < 1.29 is 9.59 Å². The highest BCUT2D eigenvalue weighted by molar-refractivity contribution is 6.00. The second-order valence-corrected chi connectivity index (χ2v) is 8.57. The first-order chi connectivity index (χ1) is 16.1. The normalized spacial score (nSPS) is 13.4.